The molecule has 1 aromatic carbocycles. The number of carbonyl (C=O) groups is 1. The summed E-state index contributed by atoms with van der Waals surface area (Å²) in [6.07, 6.45) is 2.27. The molecule has 1 fully saturated rings. The fourth-order valence-electron chi connectivity index (χ4n) is 3.31. The highest BCUT2D eigenvalue weighted by Gasteiger charge is 2.27. The van der Waals surface area contributed by atoms with Crippen molar-refractivity contribution >= 4 is 5.91 Å². The van der Waals surface area contributed by atoms with Crippen LogP contribution in [0.15, 0.2) is 40.8 Å². The van der Waals surface area contributed by atoms with Crippen LogP contribution in [-0.2, 0) is 0 Å². The molecule has 0 unspecified atom stereocenters. The Morgan fingerprint density at radius 3 is 2.64 bits per heavy atom. The third-order valence-corrected chi connectivity index (χ3v) is 4.92. The van der Waals surface area contributed by atoms with Crippen LogP contribution in [0.25, 0.3) is 0 Å². The number of hydrogen-bond acceptors (Lipinski definition) is 3. The molecule has 1 N–H and O–H groups in total. The maximum atomic E-state index is 13.8. The van der Waals surface area contributed by atoms with Crippen LogP contribution in [0.3, 0.4) is 0 Å². The van der Waals surface area contributed by atoms with E-state index in [1.165, 1.54) is 12.1 Å². The summed E-state index contributed by atoms with van der Waals surface area (Å²) in [7, 11) is 0. The van der Waals surface area contributed by atoms with Gasteiger partial charge in [0, 0.05) is 6.54 Å². The minimum absolute atomic E-state index is 0.0306. The van der Waals surface area contributed by atoms with Crippen molar-refractivity contribution in [2.45, 2.75) is 32.7 Å². The first-order valence-electron chi connectivity index (χ1n) is 8.87. The lowest BCUT2D eigenvalue weighted by Crippen LogP contribution is -2.42. The summed E-state index contributed by atoms with van der Waals surface area (Å²) in [6, 6.07) is 9.92. The number of halogens is 1. The van der Waals surface area contributed by atoms with Gasteiger partial charge in [-0.2, -0.15) is 0 Å². The topological polar surface area (TPSA) is 45.5 Å². The second-order valence-electron chi connectivity index (χ2n) is 6.87. The SMILES string of the molecule is Cc1ccc([C@@H](CNC(=O)c2ccccc2F)N2CCC(C)CC2)o1. The highest BCUT2D eigenvalue weighted by atomic mass is 19.1. The Labute approximate surface area is 148 Å². The second-order valence-corrected chi connectivity index (χ2v) is 6.87. The zero-order valence-electron chi connectivity index (χ0n) is 14.8. The van der Waals surface area contributed by atoms with E-state index in [-0.39, 0.29) is 11.6 Å². The van der Waals surface area contributed by atoms with Crippen molar-refractivity contribution in [3.63, 3.8) is 0 Å². The van der Waals surface area contributed by atoms with Crippen LogP contribution in [0, 0.1) is 18.7 Å². The van der Waals surface area contributed by atoms with Gasteiger partial charge in [0.15, 0.2) is 0 Å². The van der Waals surface area contributed by atoms with Crippen molar-refractivity contribution in [3.8, 4) is 0 Å². The van der Waals surface area contributed by atoms with Gasteiger partial charge in [-0.25, -0.2) is 4.39 Å². The minimum Gasteiger partial charge on any atom is -0.465 e. The summed E-state index contributed by atoms with van der Waals surface area (Å²) >= 11 is 0. The fourth-order valence-corrected chi connectivity index (χ4v) is 3.31. The van der Waals surface area contributed by atoms with Crippen molar-refractivity contribution in [1.29, 1.82) is 0 Å². The molecule has 4 nitrogen and oxygen atoms in total. The smallest absolute Gasteiger partial charge is 0.254 e. The number of aryl methyl sites for hydroxylation is 1. The first-order valence-corrected chi connectivity index (χ1v) is 8.87. The maximum Gasteiger partial charge on any atom is 0.254 e. The summed E-state index contributed by atoms with van der Waals surface area (Å²) in [5.74, 6) is 1.53. The van der Waals surface area contributed by atoms with Gasteiger partial charge in [0.1, 0.15) is 17.3 Å². The largest absolute Gasteiger partial charge is 0.465 e. The number of hydrogen-bond donors (Lipinski definition) is 1. The molecule has 2 aromatic rings. The number of likely N-dealkylation sites (tertiary alicyclic amines) is 1. The third-order valence-electron chi connectivity index (χ3n) is 4.92. The molecule has 1 aliphatic heterocycles. The molecule has 1 aliphatic rings. The molecular formula is C20H25FN2O2. The molecule has 1 aromatic heterocycles. The lowest BCUT2D eigenvalue weighted by atomic mass is 9.97. The number of piperidine rings is 1. The summed E-state index contributed by atoms with van der Waals surface area (Å²) < 4.78 is 19.6. The standard InChI is InChI=1S/C20H25FN2O2/c1-14-9-11-23(12-10-14)18(19-8-7-15(2)25-19)13-22-20(24)16-5-3-4-6-17(16)21/h3-8,14,18H,9-13H2,1-2H3,(H,22,24)/t18-/m1/s1. The van der Waals surface area contributed by atoms with E-state index in [0.717, 1.165) is 43.4 Å². The van der Waals surface area contributed by atoms with Crippen LogP contribution in [0.2, 0.25) is 0 Å². The molecule has 134 valence electrons. The van der Waals surface area contributed by atoms with Crippen LogP contribution in [0.1, 0.15) is 47.7 Å². The van der Waals surface area contributed by atoms with Gasteiger partial charge in [0.05, 0.1) is 11.6 Å². The van der Waals surface area contributed by atoms with Crippen molar-refractivity contribution in [2.24, 2.45) is 5.92 Å². The number of nitrogens with zero attached hydrogens (tertiary/aromatic N) is 1. The average Bonchev–Trinajstić information content (AvgIpc) is 3.03. The molecule has 0 radical (unpaired) electrons. The number of rotatable bonds is 5. The van der Waals surface area contributed by atoms with Crippen molar-refractivity contribution < 1.29 is 13.6 Å². The number of amides is 1. The molecule has 2 heterocycles. The van der Waals surface area contributed by atoms with E-state index in [0.29, 0.717) is 6.54 Å². The minimum atomic E-state index is -0.503. The van der Waals surface area contributed by atoms with Gasteiger partial charge in [-0.15, -0.1) is 0 Å². The monoisotopic (exact) mass is 344 g/mol. The van der Waals surface area contributed by atoms with E-state index in [1.807, 2.05) is 19.1 Å². The lowest BCUT2D eigenvalue weighted by Gasteiger charge is -2.35. The van der Waals surface area contributed by atoms with E-state index in [4.69, 9.17) is 4.42 Å². The predicted octanol–water partition coefficient (Wildman–Crippen LogP) is 3.93. The van der Waals surface area contributed by atoms with Gasteiger partial charge >= 0.3 is 0 Å². The Bertz CT molecular complexity index is 720. The van der Waals surface area contributed by atoms with Gasteiger partial charge in [0.25, 0.3) is 5.91 Å². The zero-order valence-corrected chi connectivity index (χ0v) is 14.8. The summed E-state index contributed by atoms with van der Waals surface area (Å²) in [4.78, 5) is 14.7. The number of nitrogens with one attached hydrogen (secondary N) is 1. The Kier molecular flexibility index (Phi) is 5.53. The summed E-state index contributed by atoms with van der Waals surface area (Å²) in [5, 5.41) is 2.88. The van der Waals surface area contributed by atoms with Crippen LogP contribution in [-0.4, -0.2) is 30.4 Å². The first kappa shape index (κ1) is 17.7. The van der Waals surface area contributed by atoms with Crippen LogP contribution < -0.4 is 5.32 Å². The fraction of sp³-hybridized carbons (Fsp3) is 0.450. The first-order chi connectivity index (χ1) is 12.0. The zero-order chi connectivity index (χ0) is 17.8. The van der Waals surface area contributed by atoms with Crippen molar-refractivity contribution in [1.82, 2.24) is 10.2 Å². The third kappa shape index (κ3) is 4.28. The van der Waals surface area contributed by atoms with E-state index < -0.39 is 11.7 Å². The lowest BCUT2D eigenvalue weighted by molar-refractivity contribution is 0.0891. The average molecular weight is 344 g/mol. The molecule has 3 rings (SSSR count). The molecule has 0 bridgehead atoms. The normalized spacial score (nSPS) is 17.4. The van der Waals surface area contributed by atoms with Gasteiger partial charge in [-0.3, -0.25) is 9.69 Å². The number of furan rings is 1. The van der Waals surface area contributed by atoms with Crippen LogP contribution in [0.4, 0.5) is 4.39 Å². The Balaban J connectivity index is 1.71. The van der Waals surface area contributed by atoms with Gasteiger partial charge in [-0.05, 0) is 63.0 Å². The molecule has 1 amide bonds. The molecule has 0 aliphatic carbocycles. The van der Waals surface area contributed by atoms with E-state index in [1.54, 1.807) is 12.1 Å². The Morgan fingerprint density at radius 2 is 2.00 bits per heavy atom. The number of benzene rings is 1. The van der Waals surface area contributed by atoms with Gasteiger partial charge in [0.2, 0.25) is 0 Å². The van der Waals surface area contributed by atoms with Crippen LogP contribution in [0.5, 0.6) is 0 Å². The summed E-state index contributed by atoms with van der Waals surface area (Å²) in [5.41, 5.74) is 0.0733. The molecule has 0 saturated carbocycles. The van der Waals surface area contributed by atoms with Crippen molar-refractivity contribution in [2.75, 3.05) is 19.6 Å². The van der Waals surface area contributed by atoms with Crippen LogP contribution >= 0.6 is 0 Å². The van der Waals surface area contributed by atoms with Gasteiger partial charge in [-0.1, -0.05) is 19.1 Å². The Morgan fingerprint density at radius 1 is 1.28 bits per heavy atom. The Hall–Kier alpha value is -2.14. The van der Waals surface area contributed by atoms with E-state index in [9.17, 15) is 9.18 Å². The second kappa shape index (κ2) is 7.83. The van der Waals surface area contributed by atoms with E-state index in [2.05, 4.69) is 17.1 Å². The molecule has 1 saturated heterocycles. The molecule has 5 heteroatoms. The summed E-state index contributed by atoms with van der Waals surface area (Å²) in [6.45, 7) is 6.52. The number of carbonyl (C=O) groups excluding carboxylic acids is 1. The van der Waals surface area contributed by atoms with Gasteiger partial charge < -0.3 is 9.73 Å². The molecule has 1 atom stereocenters. The van der Waals surface area contributed by atoms with E-state index >= 15 is 0 Å². The molecule has 25 heavy (non-hydrogen) atoms. The maximum absolute atomic E-state index is 13.8. The quantitative estimate of drug-likeness (QED) is 0.894. The highest BCUT2D eigenvalue weighted by Crippen LogP contribution is 2.27. The highest BCUT2D eigenvalue weighted by molar-refractivity contribution is 5.94. The predicted molar refractivity (Wildman–Crippen MR) is 94.9 cm³/mol. The molecule has 0 spiro atoms. The molecular weight excluding hydrogens is 319 g/mol. The van der Waals surface area contributed by atoms with Crippen molar-refractivity contribution in [3.05, 3.63) is 59.3 Å².